The number of anilines is 1. The number of hydrogen-bond acceptors (Lipinski definition) is 3. The Bertz CT molecular complexity index is 701. The second-order valence-corrected chi connectivity index (χ2v) is 4.80. The summed E-state index contributed by atoms with van der Waals surface area (Å²) >= 11 is 10.5. The molecular weight excluding hydrogens is 303 g/mol. The Morgan fingerprint density at radius 2 is 2.20 bits per heavy atom. The molecule has 1 heterocycles. The molecule has 5 nitrogen and oxygen atoms in total. The topological polar surface area (TPSA) is 72.9 Å². The molecule has 0 bridgehead atoms. The van der Waals surface area contributed by atoms with Crippen molar-refractivity contribution in [1.29, 1.82) is 0 Å². The van der Waals surface area contributed by atoms with Gasteiger partial charge in [-0.05, 0) is 12.1 Å². The molecule has 0 aliphatic carbocycles. The fraction of sp³-hybridized carbons (Fsp3) is 0.0833. The van der Waals surface area contributed by atoms with Crippen molar-refractivity contribution in [3.63, 3.8) is 0 Å². The van der Waals surface area contributed by atoms with Crippen LogP contribution in [0.1, 0.15) is 15.9 Å². The van der Waals surface area contributed by atoms with E-state index in [1.54, 1.807) is 7.05 Å². The van der Waals surface area contributed by atoms with E-state index < -0.39 is 11.7 Å². The standard InChI is InChI=1S/C12H10ClFN4OS/c1-18-11(7(5-16-18)10(15)20)17-12(19)6-3-2-4-8(13)9(6)14/h2-5H,1H3,(H2,15,20)(H,17,19). The zero-order valence-electron chi connectivity index (χ0n) is 10.4. The van der Waals surface area contributed by atoms with E-state index in [1.165, 1.54) is 29.1 Å². The van der Waals surface area contributed by atoms with Crippen molar-refractivity contribution in [3.8, 4) is 0 Å². The monoisotopic (exact) mass is 312 g/mol. The number of amides is 1. The average molecular weight is 313 g/mol. The van der Waals surface area contributed by atoms with Crippen LogP contribution in [0, 0.1) is 5.82 Å². The van der Waals surface area contributed by atoms with Gasteiger partial charge in [-0.3, -0.25) is 9.48 Å². The first-order valence-corrected chi connectivity index (χ1v) is 6.27. The Labute approximate surface area is 124 Å². The van der Waals surface area contributed by atoms with Gasteiger partial charge < -0.3 is 11.1 Å². The molecule has 2 rings (SSSR count). The quantitative estimate of drug-likeness (QED) is 0.851. The third-order valence-corrected chi connectivity index (χ3v) is 3.14. The highest BCUT2D eigenvalue weighted by Gasteiger charge is 2.18. The molecule has 3 N–H and O–H groups in total. The summed E-state index contributed by atoms with van der Waals surface area (Å²) in [5, 5.41) is 6.33. The van der Waals surface area contributed by atoms with Crippen LogP contribution in [0.4, 0.5) is 10.2 Å². The molecule has 0 saturated carbocycles. The van der Waals surface area contributed by atoms with Crippen molar-refractivity contribution >= 4 is 40.5 Å². The molecule has 0 fully saturated rings. The van der Waals surface area contributed by atoms with Crippen LogP contribution in [0.5, 0.6) is 0 Å². The summed E-state index contributed by atoms with van der Waals surface area (Å²) in [4.78, 5) is 12.2. The number of carbonyl (C=O) groups excluding carboxylic acids is 1. The first kappa shape index (κ1) is 14.4. The highest BCUT2D eigenvalue weighted by Crippen LogP contribution is 2.20. The van der Waals surface area contributed by atoms with Gasteiger partial charge in [0.05, 0.1) is 22.3 Å². The number of aryl methyl sites for hydroxylation is 1. The van der Waals surface area contributed by atoms with Crippen LogP contribution in [-0.4, -0.2) is 20.7 Å². The maximum atomic E-state index is 13.8. The van der Waals surface area contributed by atoms with Gasteiger partial charge in [-0.1, -0.05) is 29.9 Å². The molecule has 104 valence electrons. The minimum atomic E-state index is -0.786. The molecule has 0 radical (unpaired) electrons. The molecule has 0 unspecified atom stereocenters. The van der Waals surface area contributed by atoms with E-state index in [2.05, 4.69) is 10.4 Å². The van der Waals surface area contributed by atoms with Crippen LogP contribution < -0.4 is 11.1 Å². The van der Waals surface area contributed by atoms with E-state index >= 15 is 0 Å². The number of benzene rings is 1. The third kappa shape index (κ3) is 2.63. The Morgan fingerprint density at radius 3 is 2.85 bits per heavy atom. The normalized spacial score (nSPS) is 10.3. The van der Waals surface area contributed by atoms with Gasteiger partial charge in [-0.15, -0.1) is 0 Å². The third-order valence-electron chi connectivity index (χ3n) is 2.63. The fourth-order valence-corrected chi connectivity index (χ4v) is 1.94. The fourth-order valence-electron chi connectivity index (χ4n) is 1.62. The highest BCUT2D eigenvalue weighted by atomic mass is 35.5. The lowest BCUT2D eigenvalue weighted by atomic mass is 10.2. The SMILES string of the molecule is Cn1ncc(C(N)=S)c1NC(=O)c1cccc(Cl)c1F. The van der Waals surface area contributed by atoms with Gasteiger partial charge in [0.2, 0.25) is 0 Å². The Balaban J connectivity index is 2.35. The van der Waals surface area contributed by atoms with Crippen molar-refractivity contribution in [1.82, 2.24) is 9.78 Å². The van der Waals surface area contributed by atoms with Gasteiger partial charge >= 0.3 is 0 Å². The molecule has 0 aliphatic rings. The van der Waals surface area contributed by atoms with E-state index in [0.717, 1.165) is 0 Å². The molecule has 0 atom stereocenters. The van der Waals surface area contributed by atoms with Crippen molar-refractivity contribution in [3.05, 3.63) is 46.4 Å². The minimum Gasteiger partial charge on any atom is -0.389 e. The van der Waals surface area contributed by atoms with Crippen molar-refractivity contribution < 1.29 is 9.18 Å². The maximum absolute atomic E-state index is 13.8. The predicted molar refractivity (Wildman–Crippen MR) is 78.5 cm³/mol. The molecule has 0 saturated heterocycles. The number of nitrogens with two attached hydrogens (primary N) is 1. The number of carbonyl (C=O) groups is 1. The minimum absolute atomic E-state index is 0.0833. The number of thiocarbonyl (C=S) groups is 1. The van der Waals surface area contributed by atoms with E-state index in [9.17, 15) is 9.18 Å². The summed E-state index contributed by atoms with van der Waals surface area (Å²) in [6, 6.07) is 4.17. The van der Waals surface area contributed by atoms with Crippen LogP contribution in [-0.2, 0) is 7.05 Å². The van der Waals surface area contributed by atoms with Crippen LogP contribution in [0.3, 0.4) is 0 Å². The summed E-state index contributed by atoms with van der Waals surface area (Å²) in [7, 11) is 1.60. The Kier molecular flexibility index (Phi) is 4.01. The molecule has 1 amide bonds. The Morgan fingerprint density at radius 1 is 1.50 bits per heavy atom. The summed E-state index contributed by atoms with van der Waals surface area (Å²) < 4.78 is 15.2. The van der Waals surface area contributed by atoms with Crippen LogP contribution in [0.25, 0.3) is 0 Å². The molecule has 0 aliphatic heterocycles. The number of rotatable bonds is 3. The maximum Gasteiger partial charge on any atom is 0.259 e. The summed E-state index contributed by atoms with van der Waals surface area (Å²) in [5.74, 6) is -1.15. The smallest absolute Gasteiger partial charge is 0.259 e. The predicted octanol–water partition coefficient (Wildman–Crippen LogP) is 2.10. The molecular formula is C12H10ClFN4OS. The molecule has 8 heteroatoms. The average Bonchev–Trinajstić information content (AvgIpc) is 2.74. The van der Waals surface area contributed by atoms with Gasteiger partial charge in [-0.25, -0.2) is 4.39 Å². The Hall–Kier alpha value is -1.99. The lowest BCUT2D eigenvalue weighted by Crippen LogP contribution is -2.19. The van der Waals surface area contributed by atoms with Crippen LogP contribution in [0.15, 0.2) is 24.4 Å². The van der Waals surface area contributed by atoms with E-state index in [4.69, 9.17) is 29.6 Å². The number of nitrogens with zero attached hydrogens (tertiary/aromatic N) is 2. The molecule has 1 aromatic carbocycles. The van der Waals surface area contributed by atoms with E-state index in [1.807, 2.05) is 0 Å². The second kappa shape index (κ2) is 5.56. The van der Waals surface area contributed by atoms with Crippen LogP contribution in [0.2, 0.25) is 5.02 Å². The van der Waals surface area contributed by atoms with Crippen LogP contribution >= 0.6 is 23.8 Å². The molecule has 1 aromatic heterocycles. The summed E-state index contributed by atoms with van der Waals surface area (Å²) in [6.07, 6.45) is 1.42. The van der Waals surface area contributed by atoms with Crippen molar-refractivity contribution in [2.45, 2.75) is 0 Å². The number of nitrogens with one attached hydrogen (secondary N) is 1. The molecule has 20 heavy (non-hydrogen) atoms. The number of halogens is 2. The van der Waals surface area contributed by atoms with Gasteiger partial charge in [0.1, 0.15) is 10.8 Å². The summed E-state index contributed by atoms with van der Waals surface area (Å²) in [5.41, 5.74) is 5.76. The lowest BCUT2D eigenvalue weighted by molar-refractivity contribution is 0.102. The largest absolute Gasteiger partial charge is 0.389 e. The van der Waals surface area contributed by atoms with Gasteiger partial charge in [0, 0.05) is 7.05 Å². The van der Waals surface area contributed by atoms with E-state index in [0.29, 0.717) is 11.4 Å². The highest BCUT2D eigenvalue weighted by molar-refractivity contribution is 7.80. The number of hydrogen-bond donors (Lipinski definition) is 2. The first-order chi connectivity index (χ1) is 9.41. The van der Waals surface area contributed by atoms with Gasteiger partial charge in [0.25, 0.3) is 5.91 Å². The number of aromatic nitrogens is 2. The van der Waals surface area contributed by atoms with Crippen molar-refractivity contribution in [2.75, 3.05) is 5.32 Å². The lowest BCUT2D eigenvalue weighted by Gasteiger charge is -2.09. The van der Waals surface area contributed by atoms with Gasteiger partial charge in [-0.2, -0.15) is 5.10 Å². The second-order valence-electron chi connectivity index (χ2n) is 3.95. The first-order valence-electron chi connectivity index (χ1n) is 5.49. The van der Waals surface area contributed by atoms with E-state index in [-0.39, 0.29) is 15.6 Å². The zero-order chi connectivity index (χ0) is 14.9. The zero-order valence-corrected chi connectivity index (χ0v) is 11.9. The summed E-state index contributed by atoms with van der Waals surface area (Å²) in [6.45, 7) is 0. The molecule has 0 spiro atoms. The van der Waals surface area contributed by atoms with Gasteiger partial charge in [0.15, 0.2) is 5.82 Å². The molecule has 2 aromatic rings. The van der Waals surface area contributed by atoms with Crippen molar-refractivity contribution in [2.24, 2.45) is 12.8 Å².